The van der Waals surface area contributed by atoms with Crippen LogP contribution in [0.1, 0.15) is 21.5 Å². The Morgan fingerprint density at radius 3 is 2.47 bits per heavy atom. The van der Waals surface area contributed by atoms with E-state index >= 15 is 0 Å². The minimum atomic E-state index is -0.989. The predicted molar refractivity (Wildman–Crippen MR) is 125 cm³/mol. The molecular formula is C24H20N4O3S. The van der Waals surface area contributed by atoms with Gasteiger partial charge in [0.25, 0.3) is 5.91 Å². The first kappa shape index (κ1) is 21.3. The van der Waals surface area contributed by atoms with Crippen molar-refractivity contribution in [3.63, 3.8) is 0 Å². The van der Waals surface area contributed by atoms with E-state index < -0.39 is 5.97 Å². The number of hydrogen-bond donors (Lipinski definition) is 2. The zero-order valence-electron chi connectivity index (χ0n) is 17.0. The molecule has 4 aromatic rings. The number of nitrogens with zero attached hydrogens (tertiary/aromatic N) is 3. The van der Waals surface area contributed by atoms with E-state index in [0.717, 1.165) is 21.8 Å². The summed E-state index contributed by atoms with van der Waals surface area (Å²) in [7, 11) is 0. The molecule has 0 aliphatic heterocycles. The number of aromatic nitrogens is 2. The monoisotopic (exact) mass is 444 g/mol. The van der Waals surface area contributed by atoms with Crippen LogP contribution in [0.3, 0.4) is 0 Å². The lowest BCUT2D eigenvalue weighted by molar-refractivity contribution is -0.118. The molecule has 1 amide bonds. The number of para-hydroxylation sites is 2. The van der Waals surface area contributed by atoms with Gasteiger partial charge in [0.15, 0.2) is 5.16 Å². The van der Waals surface area contributed by atoms with Crippen LogP contribution in [-0.4, -0.2) is 38.5 Å². The molecular weight excluding hydrogens is 424 g/mol. The molecule has 2 N–H and O–H groups in total. The van der Waals surface area contributed by atoms with Crippen molar-refractivity contribution in [2.45, 2.75) is 11.7 Å². The average Bonchev–Trinajstić information content (AvgIpc) is 3.16. The summed E-state index contributed by atoms with van der Waals surface area (Å²) in [4.78, 5) is 27.9. The van der Waals surface area contributed by atoms with Crippen molar-refractivity contribution >= 4 is 40.9 Å². The number of carboxylic acids is 1. The number of nitrogens with one attached hydrogen (secondary N) is 1. The molecule has 0 saturated heterocycles. The maximum atomic E-state index is 12.3. The van der Waals surface area contributed by atoms with Crippen molar-refractivity contribution in [3.05, 3.63) is 95.6 Å². The molecule has 0 unspecified atom stereocenters. The summed E-state index contributed by atoms with van der Waals surface area (Å²) < 4.78 is 2.11. The van der Waals surface area contributed by atoms with Gasteiger partial charge < -0.3 is 9.67 Å². The maximum Gasteiger partial charge on any atom is 0.335 e. The fourth-order valence-electron chi connectivity index (χ4n) is 3.14. The lowest BCUT2D eigenvalue weighted by Gasteiger charge is -2.09. The highest BCUT2D eigenvalue weighted by Gasteiger charge is 2.13. The molecule has 160 valence electrons. The number of carbonyl (C=O) groups is 2. The number of carboxylic acid groups (broad SMARTS) is 1. The Kier molecular flexibility index (Phi) is 6.62. The number of benzene rings is 3. The Bertz CT molecular complexity index is 1270. The lowest BCUT2D eigenvalue weighted by Crippen LogP contribution is -2.20. The van der Waals surface area contributed by atoms with Crippen LogP contribution in [0, 0.1) is 0 Å². The quantitative estimate of drug-likeness (QED) is 0.243. The third kappa shape index (κ3) is 5.22. The summed E-state index contributed by atoms with van der Waals surface area (Å²) in [5, 5.41) is 13.6. The van der Waals surface area contributed by atoms with E-state index in [-0.39, 0.29) is 17.2 Å². The standard InChI is InChI=1S/C24H20N4O3S/c29-22(27-25-14-17-10-12-19(13-11-17)23(30)31)16-32-24-26-20-8-4-5-9-21(20)28(24)15-18-6-2-1-3-7-18/h1-14H,15-16H2,(H,27,29)(H,30,31). The van der Waals surface area contributed by atoms with Gasteiger partial charge in [-0.25, -0.2) is 15.2 Å². The average molecular weight is 445 g/mol. The normalized spacial score (nSPS) is 11.1. The molecule has 1 aromatic heterocycles. The van der Waals surface area contributed by atoms with Crippen LogP contribution >= 0.6 is 11.8 Å². The zero-order valence-corrected chi connectivity index (χ0v) is 17.8. The van der Waals surface area contributed by atoms with Gasteiger partial charge in [-0.1, -0.05) is 66.4 Å². The molecule has 32 heavy (non-hydrogen) atoms. The molecule has 0 radical (unpaired) electrons. The van der Waals surface area contributed by atoms with Crippen molar-refractivity contribution in [2.24, 2.45) is 5.10 Å². The van der Waals surface area contributed by atoms with Gasteiger partial charge in [-0.15, -0.1) is 0 Å². The Morgan fingerprint density at radius 1 is 1.00 bits per heavy atom. The van der Waals surface area contributed by atoms with E-state index in [1.807, 2.05) is 42.5 Å². The fourth-order valence-corrected chi connectivity index (χ4v) is 3.94. The molecule has 8 heteroatoms. The maximum absolute atomic E-state index is 12.3. The van der Waals surface area contributed by atoms with Gasteiger partial charge in [-0.05, 0) is 35.4 Å². The number of fused-ring (bicyclic) bond motifs is 1. The van der Waals surface area contributed by atoms with Crippen LogP contribution in [-0.2, 0) is 11.3 Å². The number of carbonyl (C=O) groups excluding carboxylic acids is 1. The number of rotatable bonds is 8. The van der Waals surface area contributed by atoms with Gasteiger partial charge in [0.2, 0.25) is 0 Å². The zero-order chi connectivity index (χ0) is 22.3. The van der Waals surface area contributed by atoms with Gasteiger partial charge in [0, 0.05) is 0 Å². The SMILES string of the molecule is O=C(CSc1nc2ccccc2n1Cc1ccccc1)NN=Cc1ccc(C(=O)O)cc1. The van der Waals surface area contributed by atoms with E-state index in [0.29, 0.717) is 12.1 Å². The molecule has 3 aromatic carbocycles. The number of hydrazone groups is 1. The third-order valence-corrected chi connectivity index (χ3v) is 5.67. The van der Waals surface area contributed by atoms with Crippen molar-refractivity contribution < 1.29 is 14.7 Å². The summed E-state index contributed by atoms with van der Waals surface area (Å²) in [5.41, 5.74) is 6.43. The van der Waals surface area contributed by atoms with E-state index in [4.69, 9.17) is 10.1 Å². The highest BCUT2D eigenvalue weighted by Crippen LogP contribution is 2.25. The van der Waals surface area contributed by atoms with E-state index in [1.54, 1.807) is 12.1 Å². The van der Waals surface area contributed by atoms with Gasteiger partial charge in [0.05, 0.1) is 35.1 Å². The second-order valence-electron chi connectivity index (χ2n) is 6.96. The van der Waals surface area contributed by atoms with Crippen molar-refractivity contribution in [3.8, 4) is 0 Å². The van der Waals surface area contributed by atoms with Crippen LogP contribution in [0.15, 0.2) is 89.1 Å². The number of aromatic carboxylic acids is 1. The summed E-state index contributed by atoms with van der Waals surface area (Å²) in [5.74, 6) is -1.09. The molecule has 0 saturated carbocycles. The number of thioether (sulfide) groups is 1. The number of hydrogen-bond acceptors (Lipinski definition) is 5. The molecule has 0 aliphatic rings. The third-order valence-electron chi connectivity index (χ3n) is 4.70. The van der Waals surface area contributed by atoms with Crippen LogP contribution in [0.2, 0.25) is 0 Å². The second-order valence-corrected chi connectivity index (χ2v) is 7.91. The number of imidazole rings is 1. The first-order valence-electron chi connectivity index (χ1n) is 9.87. The molecule has 0 bridgehead atoms. The highest BCUT2D eigenvalue weighted by atomic mass is 32.2. The second kappa shape index (κ2) is 9.93. The summed E-state index contributed by atoms with van der Waals surface area (Å²) in [6.45, 7) is 0.662. The van der Waals surface area contributed by atoms with Crippen LogP contribution in [0.25, 0.3) is 11.0 Å². The van der Waals surface area contributed by atoms with Gasteiger partial charge >= 0.3 is 5.97 Å². The fraction of sp³-hybridized carbons (Fsp3) is 0.0833. The Morgan fingerprint density at radius 2 is 1.72 bits per heavy atom. The van der Waals surface area contributed by atoms with Crippen LogP contribution in [0.5, 0.6) is 0 Å². The van der Waals surface area contributed by atoms with Gasteiger partial charge in [-0.3, -0.25) is 4.79 Å². The molecule has 1 heterocycles. The van der Waals surface area contributed by atoms with Gasteiger partial charge in [0.1, 0.15) is 0 Å². The van der Waals surface area contributed by atoms with Gasteiger partial charge in [-0.2, -0.15) is 5.10 Å². The Labute approximate surface area is 188 Å². The topological polar surface area (TPSA) is 96.6 Å². The highest BCUT2D eigenvalue weighted by molar-refractivity contribution is 7.99. The predicted octanol–water partition coefficient (Wildman–Crippen LogP) is 4.03. The van der Waals surface area contributed by atoms with E-state index in [1.165, 1.54) is 30.1 Å². The van der Waals surface area contributed by atoms with Crippen LogP contribution < -0.4 is 5.43 Å². The molecule has 7 nitrogen and oxygen atoms in total. The first-order chi connectivity index (χ1) is 15.6. The Hall–Kier alpha value is -3.91. The minimum absolute atomic E-state index is 0.160. The summed E-state index contributed by atoms with van der Waals surface area (Å²) >= 11 is 1.35. The molecule has 0 aliphatic carbocycles. The lowest BCUT2D eigenvalue weighted by atomic mass is 10.1. The summed E-state index contributed by atoms with van der Waals surface area (Å²) in [6.07, 6.45) is 1.47. The smallest absolute Gasteiger partial charge is 0.335 e. The molecule has 0 spiro atoms. The number of amides is 1. The van der Waals surface area contributed by atoms with Crippen LogP contribution in [0.4, 0.5) is 0 Å². The van der Waals surface area contributed by atoms with E-state index in [9.17, 15) is 9.59 Å². The van der Waals surface area contributed by atoms with Crippen molar-refractivity contribution in [2.75, 3.05) is 5.75 Å². The Balaban J connectivity index is 1.40. The summed E-state index contributed by atoms with van der Waals surface area (Å²) in [6, 6.07) is 24.2. The minimum Gasteiger partial charge on any atom is -0.478 e. The van der Waals surface area contributed by atoms with Crippen molar-refractivity contribution in [1.29, 1.82) is 0 Å². The largest absolute Gasteiger partial charge is 0.478 e. The van der Waals surface area contributed by atoms with Crippen molar-refractivity contribution in [1.82, 2.24) is 15.0 Å². The van der Waals surface area contributed by atoms with E-state index in [2.05, 4.69) is 27.2 Å². The molecule has 0 atom stereocenters. The molecule has 4 rings (SSSR count). The molecule has 0 fully saturated rings. The first-order valence-corrected chi connectivity index (χ1v) is 10.9.